The van der Waals surface area contributed by atoms with E-state index in [-0.39, 0.29) is 11.6 Å². The van der Waals surface area contributed by atoms with E-state index in [1.807, 2.05) is 54.6 Å². The van der Waals surface area contributed by atoms with Gasteiger partial charge in [-0.3, -0.25) is 14.5 Å². The average Bonchev–Trinajstić information content (AvgIpc) is 3.16. The van der Waals surface area contributed by atoms with Crippen molar-refractivity contribution in [2.45, 2.75) is 18.3 Å². The van der Waals surface area contributed by atoms with Gasteiger partial charge in [0, 0.05) is 37.3 Å². The predicted molar refractivity (Wildman–Crippen MR) is 141 cm³/mol. The van der Waals surface area contributed by atoms with Crippen LogP contribution in [0.5, 0.6) is 11.5 Å². The van der Waals surface area contributed by atoms with Gasteiger partial charge in [0.1, 0.15) is 16.9 Å². The van der Waals surface area contributed by atoms with Crippen molar-refractivity contribution in [3.63, 3.8) is 0 Å². The Bertz CT molecular complexity index is 1210. The Hall–Kier alpha value is -3.64. The van der Waals surface area contributed by atoms with Gasteiger partial charge in [-0.05, 0) is 49.2 Å². The number of benzene rings is 3. The Morgan fingerprint density at radius 3 is 1.97 bits per heavy atom. The molecule has 5 rings (SSSR count). The number of para-hydroxylation sites is 2. The molecule has 0 bridgehead atoms. The van der Waals surface area contributed by atoms with Crippen LogP contribution in [-0.2, 0) is 5.41 Å². The van der Waals surface area contributed by atoms with Crippen molar-refractivity contribution < 1.29 is 19.1 Å². The largest absolute Gasteiger partial charge is 0.497 e. The molecular weight excluding hydrogens is 452 g/mol. The second-order valence-corrected chi connectivity index (χ2v) is 9.44. The Balaban J connectivity index is 1.29. The van der Waals surface area contributed by atoms with Crippen LogP contribution in [0.3, 0.4) is 0 Å². The number of anilines is 1. The molecule has 1 heterocycles. The third-order valence-corrected chi connectivity index (χ3v) is 7.60. The SMILES string of the molecule is COc1ccc(C2(CCCN3CCN(c4ccccc4OC)CC3)C(=O)c3ccccc3C2=O)cc1. The number of rotatable bonds is 8. The summed E-state index contributed by atoms with van der Waals surface area (Å²) in [5, 5.41) is 0. The summed E-state index contributed by atoms with van der Waals surface area (Å²) in [6.07, 6.45) is 1.24. The lowest BCUT2D eigenvalue weighted by atomic mass is 9.72. The highest BCUT2D eigenvalue weighted by Gasteiger charge is 2.53. The maximum absolute atomic E-state index is 13.7. The van der Waals surface area contributed by atoms with Crippen LogP contribution in [0.15, 0.2) is 72.8 Å². The molecule has 6 nitrogen and oxygen atoms in total. The molecule has 3 aromatic carbocycles. The Morgan fingerprint density at radius 2 is 1.36 bits per heavy atom. The van der Waals surface area contributed by atoms with Crippen molar-refractivity contribution in [2.24, 2.45) is 0 Å². The molecule has 36 heavy (non-hydrogen) atoms. The molecule has 0 unspecified atom stereocenters. The van der Waals surface area contributed by atoms with Gasteiger partial charge in [-0.25, -0.2) is 0 Å². The van der Waals surface area contributed by atoms with E-state index in [9.17, 15) is 9.59 Å². The highest BCUT2D eigenvalue weighted by Crippen LogP contribution is 2.43. The van der Waals surface area contributed by atoms with E-state index in [0.717, 1.165) is 56.1 Å². The summed E-state index contributed by atoms with van der Waals surface area (Å²) >= 11 is 0. The smallest absolute Gasteiger partial charge is 0.181 e. The first-order valence-corrected chi connectivity index (χ1v) is 12.5. The first kappa shape index (κ1) is 24.1. The van der Waals surface area contributed by atoms with Crippen molar-refractivity contribution in [2.75, 3.05) is 51.8 Å². The minimum atomic E-state index is -1.17. The predicted octanol–water partition coefficient (Wildman–Crippen LogP) is 4.62. The summed E-state index contributed by atoms with van der Waals surface area (Å²) in [6.45, 7) is 4.51. The zero-order valence-corrected chi connectivity index (χ0v) is 20.9. The third-order valence-electron chi connectivity index (χ3n) is 7.60. The van der Waals surface area contributed by atoms with Crippen LogP contribution in [0.25, 0.3) is 0 Å². The van der Waals surface area contributed by atoms with Gasteiger partial charge in [0.25, 0.3) is 0 Å². The monoisotopic (exact) mass is 484 g/mol. The summed E-state index contributed by atoms with van der Waals surface area (Å²) in [5.74, 6) is 1.42. The Morgan fingerprint density at radius 1 is 0.750 bits per heavy atom. The standard InChI is InChI=1S/C30H32N2O4/c1-35-23-14-12-22(13-15-23)30(28(33)24-8-3-4-9-25(24)29(30)34)16-7-17-31-18-20-32(21-19-31)26-10-5-6-11-27(26)36-2/h3-6,8-15H,7,16-21H2,1-2H3. The summed E-state index contributed by atoms with van der Waals surface area (Å²) in [4.78, 5) is 32.3. The second kappa shape index (κ2) is 10.2. The molecule has 1 saturated heterocycles. The highest BCUT2D eigenvalue weighted by atomic mass is 16.5. The second-order valence-electron chi connectivity index (χ2n) is 9.44. The number of ether oxygens (including phenoxy) is 2. The fourth-order valence-corrected chi connectivity index (χ4v) is 5.62. The molecule has 6 heteroatoms. The van der Waals surface area contributed by atoms with E-state index >= 15 is 0 Å². The van der Waals surface area contributed by atoms with Gasteiger partial charge in [0.2, 0.25) is 0 Å². The molecule has 0 N–H and O–H groups in total. The van der Waals surface area contributed by atoms with Crippen LogP contribution in [0.2, 0.25) is 0 Å². The molecule has 3 aromatic rings. The van der Waals surface area contributed by atoms with Crippen molar-refractivity contribution in [1.82, 2.24) is 4.90 Å². The van der Waals surface area contributed by atoms with E-state index < -0.39 is 5.41 Å². The van der Waals surface area contributed by atoms with Crippen molar-refractivity contribution in [3.8, 4) is 11.5 Å². The minimum absolute atomic E-state index is 0.0886. The van der Waals surface area contributed by atoms with Gasteiger partial charge in [-0.2, -0.15) is 0 Å². The van der Waals surface area contributed by atoms with Gasteiger partial charge in [-0.1, -0.05) is 48.5 Å². The van der Waals surface area contributed by atoms with Crippen LogP contribution < -0.4 is 14.4 Å². The molecule has 2 aliphatic rings. The number of carbonyl (C=O) groups excluding carboxylic acids is 2. The van der Waals surface area contributed by atoms with Crippen molar-refractivity contribution >= 4 is 17.3 Å². The summed E-state index contributed by atoms with van der Waals surface area (Å²) in [5.41, 5.74) is 1.76. The molecule has 0 atom stereocenters. The normalized spacial score (nSPS) is 17.2. The third kappa shape index (κ3) is 4.16. The van der Waals surface area contributed by atoms with Crippen molar-refractivity contribution in [1.29, 1.82) is 0 Å². The molecule has 0 saturated carbocycles. The number of carbonyl (C=O) groups is 2. The van der Waals surface area contributed by atoms with E-state index in [1.54, 1.807) is 26.4 Å². The molecule has 1 aliphatic heterocycles. The van der Waals surface area contributed by atoms with Crippen LogP contribution >= 0.6 is 0 Å². The van der Waals surface area contributed by atoms with E-state index in [1.165, 1.54) is 0 Å². The minimum Gasteiger partial charge on any atom is -0.497 e. The maximum Gasteiger partial charge on any atom is 0.181 e. The summed E-state index contributed by atoms with van der Waals surface area (Å²) in [6, 6.07) is 22.7. The lowest BCUT2D eigenvalue weighted by Gasteiger charge is -2.37. The van der Waals surface area contributed by atoms with E-state index in [4.69, 9.17) is 9.47 Å². The fraction of sp³-hybridized carbons (Fsp3) is 0.333. The molecule has 0 aromatic heterocycles. The number of methoxy groups -OCH3 is 2. The van der Waals surface area contributed by atoms with Gasteiger partial charge in [0.15, 0.2) is 11.6 Å². The average molecular weight is 485 g/mol. The lowest BCUT2D eigenvalue weighted by Crippen LogP contribution is -2.47. The molecule has 0 radical (unpaired) electrons. The Labute approximate surface area is 212 Å². The number of hydrogen-bond donors (Lipinski definition) is 0. The van der Waals surface area contributed by atoms with Crippen molar-refractivity contribution in [3.05, 3.63) is 89.5 Å². The van der Waals surface area contributed by atoms with Gasteiger partial charge < -0.3 is 14.4 Å². The first-order chi connectivity index (χ1) is 17.6. The van der Waals surface area contributed by atoms with Crippen LogP contribution in [0, 0.1) is 0 Å². The molecule has 0 amide bonds. The molecule has 1 aliphatic carbocycles. The molecule has 186 valence electrons. The number of Topliss-reactive ketones (excluding diaryl/α,β-unsaturated/α-hetero) is 2. The fourth-order valence-electron chi connectivity index (χ4n) is 5.62. The quantitative estimate of drug-likeness (QED) is 0.435. The van der Waals surface area contributed by atoms with Crippen LogP contribution in [-0.4, -0.2) is 63.4 Å². The van der Waals surface area contributed by atoms with Crippen LogP contribution in [0.1, 0.15) is 39.1 Å². The van der Waals surface area contributed by atoms with Gasteiger partial charge in [0.05, 0.1) is 19.9 Å². The highest BCUT2D eigenvalue weighted by molar-refractivity contribution is 6.33. The maximum atomic E-state index is 13.7. The Kier molecular flexibility index (Phi) is 6.79. The lowest BCUT2D eigenvalue weighted by molar-refractivity contribution is 0.0777. The number of piperazine rings is 1. The number of fused-ring (bicyclic) bond motifs is 1. The zero-order chi connectivity index (χ0) is 25.1. The summed E-state index contributed by atoms with van der Waals surface area (Å²) < 4.78 is 10.8. The number of ketones is 2. The number of hydrogen-bond acceptors (Lipinski definition) is 6. The zero-order valence-electron chi connectivity index (χ0n) is 20.9. The van der Waals surface area contributed by atoms with Crippen LogP contribution in [0.4, 0.5) is 5.69 Å². The molecule has 1 fully saturated rings. The molecule has 0 spiro atoms. The van der Waals surface area contributed by atoms with E-state index in [2.05, 4.69) is 15.9 Å². The summed E-state index contributed by atoms with van der Waals surface area (Å²) in [7, 11) is 3.32. The van der Waals surface area contributed by atoms with Gasteiger partial charge >= 0.3 is 0 Å². The van der Waals surface area contributed by atoms with E-state index in [0.29, 0.717) is 23.3 Å². The van der Waals surface area contributed by atoms with Gasteiger partial charge in [-0.15, -0.1) is 0 Å². The number of nitrogens with zero attached hydrogens (tertiary/aromatic N) is 2. The first-order valence-electron chi connectivity index (χ1n) is 12.5. The molecular formula is C30H32N2O4. The topological polar surface area (TPSA) is 59.1 Å².